The normalized spacial score (nSPS) is 11.5. The van der Waals surface area contributed by atoms with E-state index in [4.69, 9.17) is 4.42 Å². The zero-order valence-corrected chi connectivity index (χ0v) is 31.1. The molecule has 3 heteroatoms. The largest absolute Gasteiger partial charge is 0.456 e. The van der Waals surface area contributed by atoms with Crippen molar-refractivity contribution >= 4 is 60.8 Å². The Hall–Kier alpha value is -7.62. The molecule has 0 atom stereocenters. The van der Waals surface area contributed by atoms with Gasteiger partial charge in [-0.3, -0.25) is 0 Å². The number of rotatable bonds is 7. The Bertz CT molecular complexity index is 3200. The Morgan fingerprint density at radius 1 is 0.333 bits per heavy atom. The highest BCUT2D eigenvalue weighted by Crippen LogP contribution is 2.44. The van der Waals surface area contributed by atoms with Gasteiger partial charge in [-0.2, -0.15) is 0 Å². The summed E-state index contributed by atoms with van der Waals surface area (Å²) >= 11 is 0. The lowest BCUT2D eigenvalue weighted by atomic mass is 9.98. The number of fused-ring (bicyclic) bond motifs is 6. The van der Waals surface area contributed by atoms with Crippen LogP contribution in [-0.2, 0) is 0 Å². The summed E-state index contributed by atoms with van der Waals surface area (Å²) < 4.78 is 8.65. The third-order valence-electron chi connectivity index (χ3n) is 11.2. The van der Waals surface area contributed by atoms with E-state index < -0.39 is 0 Å². The lowest BCUT2D eigenvalue weighted by Crippen LogP contribution is -2.10. The van der Waals surface area contributed by atoms with E-state index in [0.29, 0.717) is 0 Å². The van der Waals surface area contributed by atoms with Gasteiger partial charge in [0.15, 0.2) is 0 Å². The first-order valence-electron chi connectivity index (χ1n) is 19.4. The monoisotopic (exact) mass is 728 g/mol. The third kappa shape index (κ3) is 5.60. The molecule has 0 aliphatic carbocycles. The molecule has 0 amide bonds. The van der Waals surface area contributed by atoms with Crippen LogP contribution in [0, 0.1) is 0 Å². The second kappa shape index (κ2) is 13.6. The first-order valence-corrected chi connectivity index (χ1v) is 19.4. The molecule has 0 spiro atoms. The predicted molar refractivity (Wildman–Crippen MR) is 239 cm³/mol. The lowest BCUT2D eigenvalue weighted by Gasteiger charge is -2.26. The molecule has 2 heterocycles. The maximum Gasteiger partial charge on any atom is 0.136 e. The number of hydrogen-bond acceptors (Lipinski definition) is 2. The molecule has 9 aromatic carbocycles. The molecule has 0 saturated carbocycles. The van der Waals surface area contributed by atoms with Crippen molar-refractivity contribution in [3.8, 4) is 39.1 Å². The Morgan fingerprint density at radius 3 is 1.58 bits per heavy atom. The van der Waals surface area contributed by atoms with Crippen LogP contribution in [0.3, 0.4) is 0 Å². The molecule has 0 radical (unpaired) electrons. The molecule has 2 aromatic heterocycles. The zero-order valence-electron chi connectivity index (χ0n) is 31.1. The minimum Gasteiger partial charge on any atom is -0.456 e. The highest BCUT2D eigenvalue weighted by Gasteiger charge is 2.20. The number of hydrogen-bond donors (Lipinski definition) is 0. The third-order valence-corrected chi connectivity index (χ3v) is 11.2. The Balaban J connectivity index is 1.11. The lowest BCUT2D eigenvalue weighted by molar-refractivity contribution is 0.669. The zero-order chi connectivity index (χ0) is 37.7. The SMILES string of the molecule is c1ccc(-c2ccc(N(c3ccc(-c4cccc5oc6ccccc6c45)cc3)c3ccc4c(c3)c3c(-c5ccccc5)cccc3n4-c3ccccc3)cc2)cc1. The highest BCUT2D eigenvalue weighted by atomic mass is 16.3. The molecule has 11 rings (SSSR count). The first-order chi connectivity index (χ1) is 28.3. The number of anilines is 3. The molecule has 11 aromatic rings. The van der Waals surface area contributed by atoms with Gasteiger partial charge >= 0.3 is 0 Å². The van der Waals surface area contributed by atoms with E-state index in [9.17, 15) is 0 Å². The van der Waals surface area contributed by atoms with Gasteiger partial charge in [0.2, 0.25) is 0 Å². The summed E-state index contributed by atoms with van der Waals surface area (Å²) in [6.07, 6.45) is 0. The number of furan rings is 1. The fourth-order valence-corrected chi connectivity index (χ4v) is 8.60. The van der Waals surface area contributed by atoms with Gasteiger partial charge in [0, 0.05) is 44.3 Å². The molecule has 0 N–H and O–H groups in total. The van der Waals surface area contributed by atoms with Gasteiger partial charge in [-0.1, -0.05) is 146 Å². The van der Waals surface area contributed by atoms with E-state index in [2.05, 4.69) is 216 Å². The van der Waals surface area contributed by atoms with Gasteiger partial charge in [-0.15, -0.1) is 0 Å². The van der Waals surface area contributed by atoms with Crippen LogP contribution in [-0.4, -0.2) is 4.57 Å². The van der Waals surface area contributed by atoms with Gasteiger partial charge in [-0.05, 0) is 106 Å². The quantitative estimate of drug-likeness (QED) is 0.163. The van der Waals surface area contributed by atoms with E-state index in [-0.39, 0.29) is 0 Å². The van der Waals surface area contributed by atoms with Crippen LogP contribution < -0.4 is 4.90 Å². The van der Waals surface area contributed by atoms with Gasteiger partial charge in [0.25, 0.3) is 0 Å². The Labute approximate surface area is 330 Å². The summed E-state index contributed by atoms with van der Waals surface area (Å²) in [5, 5.41) is 4.71. The molecule has 57 heavy (non-hydrogen) atoms. The van der Waals surface area contributed by atoms with Crippen molar-refractivity contribution in [2.45, 2.75) is 0 Å². The molecule has 0 bridgehead atoms. The minimum absolute atomic E-state index is 0.899. The number of benzene rings is 9. The average Bonchev–Trinajstić information content (AvgIpc) is 3.84. The van der Waals surface area contributed by atoms with Gasteiger partial charge in [-0.25, -0.2) is 0 Å². The summed E-state index contributed by atoms with van der Waals surface area (Å²) in [6.45, 7) is 0. The fourth-order valence-electron chi connectivity index (χ4n) is 8.60. The summed E-state index contributed by atoms with van der Waals surface area (Å²) in [4.78, 5) is 2.38. The maximum atomic E-state index is 6.26. The van der Waals surface area contributed by atoms with Gasteiger partial charge in [0.05, 0.1) is 11.0 Å². The predicted octanol–water partition coefficient (Wildman–Crippen LogP) is 15.2. The molecular weight excluding hydrogens is 693 g/mol. The van der Waals surface area contributed by atoms with E-state index in [1.165, 1.54) is 44.1 Å². The van der Waals surface area contributed by atoms with Gasteiger partial charge in [0.1, 0.15) is 11.2 Å². The van der Waals surface area contributed by atoms with Crippen molar-refractivity contribution in [1.29, 1.82) is 0 Å². The van der Waals surface area contributed by atoms with Crippen LogP contribution in [0.5, 0.6) is 0 Å². The molecule has 0 aliphatic heterocycles. The van der Waals surface area contributed by atoms with Crippen LogP contribution in [0.4, 0.5) is 17.1 Å². The second-order valence-electron chi connectivity index (χ2n) is 14.5. The van der Waals surface area contributed by atoms with Crippen molar-refractivity contribution in [1.82, 2.24) is 4.57 Å². The van der Waals surface area contributed by atoms with Crippen LogP contribution in [0.15, 0.2) is 223 Å². The van der Waals surface area contributed by atoms with Crippen molar-refractivity contribution in [2.24, 2.45) is 0 Å². The van der Waals surface area contributed by atoms with Gasteiger partial charge < -0.3 is 13.9 Å². The standard InChI is InChI=1S/C54H36N2O/c1-4-14-37(15-5-1)38-26-30-42(31-27-38)55(43-32-28-40(29-33-43)46-22-13-25-52-54(46)47-20-10-11-24-51(47)57-52)44-34-35-49-48(36-44)53-45(39-16-6-2-7-17-39)21-12-23-50(53)56(49)41-18-8-3-9-19-41/h1-36H. The molecule has 0 aliphatic rings. The fraction of sp³-hybridized carbons (Fsp3) is 0. The summed E-state index contributed by atoms with van der Waals surface area (Å²) in [5.41, 5.74) is 15.6. The second-order valence-corrected chi connectivity index (χ2v) is 14.5. The average molecular weight is 729 g/mol. The van der Waals surface area contributed by atoms with Crippen LogP contribution >= 0.6 is 0 Å². The summed E-state index contributed by atoms with van der Waals surface area (Å²) in [6, 6.07) is 78.1. The highest BCUT2D eigenvalue weighted by molar-refractivity contribution is 6.17. The number of nitrogens with zero attached hydrogens (tertiary/aromatic N) is 2. The van der Waals surface area contributed by atoms with Crippen molar-refractivity contribution in [2.75, 3.05) is 4.90 Å². The van der Waals surface area contributed by atoms with E-state index in [0.717, 1.165) is 55.8 Å². The Morgan fingerprint density at radius 2 is 0.860 bits per heavy atom. The minimum atomic E-state index is 0.899. The number of aromatic nitrogens is 1. The maximum absolute atomic E-state index is 6.26. The molecular formula is C54H36N2O. The van der Waals surface area contributed by atoms with E-state index in [1.807, 2.05) is 12.1 Å². The summed E-state index contributed by atoms with van der Waals surface area (Å²) in [7, 11) is 0. The molecule has 268 valence electrons. The van der Waals surface area contributed by atoms with Crippen LogP contribution in [0.25, 0.3) is 82.8 Å². The molecule has 0 fully saturated rings. The topological polar surface area (TPSA) is 21.3 Å². The molecule has 0 saturated heterocycles. The molecule has 3 nitrogen and oxygen atoms in total. The van der Waals surface area contributed by atoms with E-state index >= 15 is 0 Å². The van der Waals surface area contributed by atoms with E-state index in [1.54, 1.807) is 0 Å². The Kier molecular flexibility index (Phi) is 7.82. The smallest absolute Gasteiger partial charge is 0.136 e. The van der Waals surface area contributed by atoms with Crippen LogP contribution in [0.2, 0.25) is 0 Å². The number of para-hydroxylation sites is 2. The first kappa shape index (κ1) is 32.8. The molecule has 0 unspecified atom stereocenters. The van der Waals surface area contributed by atoms with Crippen molar-refractivity contribution < 1.29 is 4.42 Å². The van der Waals surface area contributed by atoms with Crippen LogP contribution in [0.1, 0.15) is 0 Å². The van der Waals surface area contributed by atoms with Crippen molar-refractivity contribution in [3.63, 3.8) is 0 Å². The van der Waals surface area contributed by atoms with Crippen molar-refractivity contribution in [3.05, 3.63) is 218 Å². The summed E-state index contributed by atoms with van der Waals surface area (Å²) in [5.74, 6) is 0.